The van der Waals surface area contributed by atoms with E-state index in [0.717, 1.165) is 0 Å². The number of carbonyl (C=O) groups is 2. The van der Waals surface area contributed by atoms with Crippen molar-refractivity contribution in [2.45, 2.75) is 0 Å². The van der Waals surface area contributed by atoms with Gasteiger partial charge >= 0.3 is 0 Å². The van der Waals surface area contributed by atoms with E-state index in [1.165, 1.54) is 22.4 Å². The van der Waals surface area contributed by atoms with Crippen molar-refractivity contribution in [1.29, 1.82) is 0 Å². The monoisotopic (exact) mass is 463 g/mol. The van der Waals surface area contributed by atoms with Crippen LogP contribution in [0.3, 0.4) is 0 Å². The van der Waals surface area contributed by atoms with E-state index in [1.54, 1.807) is 73.8 Å². The summed E-state index contributed by atoms with van der Waals surface area (Å²) in [4.78, 5) is 32.0. The van der Waals surface area contributed by atoms with Crippen molar-refractivity contribution in [3.05, 3.63) is 99.8 Å². The third kappa shape index (κ3) is 4.96. The van der Waals surface area contributed by atoms with E-state index in [1.807, 2.05) is 11.4 Å². The molecule has 4 aromatic rings. The second kappa shape index (κ2) is 9.64. The van der Waals surface area contributed by atoms with Crippen molar-refractivity contribution >= 4 is 46.1 Å². The average Bonchev–Trinajstić information content (AvgIpc) is 3.36. The summed E-state index contributed by atoms with van der Waals surface area (Å²) in [6.45, 7) is 0. The van der Waals surface area contributed by atoms with Crippen molar-refractivity contribution in [1.82, 2.24) is 4.98 Å². The van der Waals surface area contributed by atoms with Gasteiger partial charge in [0.05, 0.1) is 28.0 Å². The number of thiophene rings is 1. The Labute approximate surface area is 194 Å². The van der Waals surface area contributed by atoms with E-state index in [2.05, 4.69) is 10.3 Å². The molecule has 4 rings (SSSR count). The lowest BCUT2D eigenvalue weighted by molar-refractivity contribution is 0.0996. The maximum atomic E-state index is 12.9. The smallest absolute Gasteiger partial charge is 0.268 e. The first kappa shape index (κ1) is 21.5. The van der Waals surface area contributed by atoms with Crippen molar-refractivity contribution in [2.24, 2.45) is 0 Å². The minimum Gasteiger partial charge on any atom is -0.439 e. The Morgan fingerprint density at radius 2 is 1.78 bits per heavy atom. The number of anilines is 2. The Morgan fingerprint density at radius 1 is 1.00 bits per heavy atom. The fourth-order valence-corrected chi connectivity index (χ4v) is 3.79. The zero-order valence-corrected chi connectivity index (χ0v) is 18.6. The fourth-order valence-electron chi connectivity index (χ4n) is 2.97. The van der Waals surface area contributed by atoms with E-state index < -0.39 is 0 Å². The molecule has 2 amide bonds. The SMILES string of the molecule is CN(C(=O)c1cccs1)c1ccccc1C(=O)Nc1ccc(Oc2ccc(Cl)cc2)nc1. The predicted molar refractivity (Wildman–Crippen MR) is 127 cm³/mol. The average molecular weight is 464 g/mol. The molecule has 8 heteroatoms. The Hall–Kier alpha value is -3.68. The number of hydrogen-bond acceptors (Lipinski definition) is 5. The molecular weight excluding hydrogens is 446 g/mol. The van der Waals surface area contributed by atoms with Crippen molar-refractivity contribution < 1.29 is 14.3 Å². The highest BCUT2D eigenvalue weighted by Crippen LogP contribution is 2.25. The van der Waals surface area contributed by atoms with Crippen LogP contribution in [-0.4, -0.2) is 23.8 Å². The molecular formula is C24H18ClN3O3S. The Kier molecular flexibility index (Phi) is 6.49. The van der Waals surface area contributed by atoms with Gasteiger partial charge in [0.2, 0.25) is 5.88 Å². The lowest BCUT2D eigenvalue weighted by Crippen LogP contribution is -2.28. The summed E-state index contributed by atoms with van der Waals surface area (Å²) in [6.07, 6.45) is 1.51. The molecule has 160 valence electrons. The van der Waals surface area contributed by atoms with Gasteiger partial charge in [-0.1, -0.05) is 29.8 Å². The molecule has 1 N–H and O–H groups in total. The number of nitrogens with zero attached hydrogens (tertiary/aromatic N) is 2. The van der Waals surface area contributed by atoms with Gasteiger partial charge in [0.15, 0.2) is 0 Å². The fraction of sp³-hybridized carbons (Fsp3) is 0.0417. The molecule has 0 saturated carbocycles. The van der Waals surface area contributed by atoms with Crippen LogP contribution in [0.15, 0.2) is 84.4 Å². The van der Waals surface area contributed by atoms with E-state index in [0.29, 0.717) is 38.5 Å². The van der Waals surface area contributed by atoms with E-state index in [9.17, 15) is 9.59 Å². The van der Waals surface area contributed by atoms with Crippen LogP contribution in [0.5, 0.6) is 11.6 Å². The normalized spacial score (nSPS) is 10.4. The standard InChI is InChI=1S/C24H18ClN3O3S/c1-28(24(30)21-7-4-14-32-21)20-6-3-2-5-19(20)23(29)27-17-10-13-22(26-15-17)31-18-11-8-16(25)9-12-18/h2-15H,1H3,(H,27,29). The number of benzene rings is 2. The highest BCUT2D eigenvalue weighted by atomic mass is 35.5. The number of aromatic nitrogens is 1. The van der Waals surface area contributed by atoms with Crippen LogP contribution in [0.1, 0.15) is 20.0 Å². The summed E-state index contributed by atoms with van der Waals surface area (Å²) in [5.74, 6) is 0.461. The Morgan fingerprint density at radius 3 is 2.47 bits per heavy atom. The molecule has 6 nitrogen and oxygen atoms in total. The first-order chi connectivity index (χ1) is 15.5. The lowest BCUT2D eigenvalue weighted by Gasteiger charge is -2.20. The van der Waals surface area contributed by atoms with E-state index in [-0.39, 0.29) is 11.8 Å². The predicted octanol–water partition coefficient (Wildman–Crippen LogP) is 6.12. The molecule has 0 fully saturated rings. The molecule has 0 aliphatic carbocycles. The lowest BCUT2D eigenvalue weighted by atomic mass is 10.1. The first-order valence-electron chi connectivity index (χ1n) is 9.62. The quantitative estimate of drug-likeness (QED) is 0.374. The molecule has 2 aromatic heterocycles. The van der Waals surface area contributed by atoms with Gasteiger partial charge in [-0.3, -0.25) is 9.59 Å². The van der Waals surface area contributed by atoms with Crippen LogP contribution in [-0.2, 0) is 0 Å². The minimum atomic E-state index is -0.348. The summed E-state index contributed by atoms with van der Waals surface area (Å²) in [5, 5.41) is 5.27. The van der Waals surface area contributed by atoms with Crippen LogP contribution >= 0.6 is 22.9 Å². The van der Waals surface area contributed by atoms with Crippen molar-refractivity contribution in [3.8, 4) is 11.6 Å². The Balaban J connectivity index is 1.47. The molecule has 32 heavy (non-hydrogen) atoms. The summed E-state index contributed by atoms with van der Waals surface area (Å²) in [7, 11) is 1.65. The van der Waals surface area contributed by atoms with Gasteiger partial charge in [-0.15, -0.1) is 11.3 Å². The van der Waals surface area contributed by atoms with E-state index in [4.69, 9.17) is 16.3 Å². The summed E-state index contributed by atoms with van der Waals surface area (Å²) in [5.41, 5.74) is 1.39. The molecule has 2 heterocycles. The van der Waals surface area contributed by atoms with Crippen LogP contribution in [0, 0.1) is 0 Å². The topological polar surface area (TPSA) is 71.5 Å². The number of rotatable bonds is 6. The third-order valence-electron chi connectivity index (χ3n) is 4.58. The number of para-hydroxylation sites is 1. The van der Waals surface area contributed by atoms with Crippen molar-refractivity contribution in [3.63, 3.8) is 0 Å². The van der Waals surface area contributed by atoms with Gasteiger partial charge in [-0.25, -0.2) is 4.98 Å². The Bertz CT molecular complexity index is 1230. The van der Waals surface area contributed by atoms with Gasteiger partial charge in [0, 0.05) is 18.1 Å². The highest BCUT2D eigenvalue weighted by Gasteiger charge is 2.20. The van der Waals surface area contributed by atoms with Crippen LogP contribution in [0.2, 0.25) is 5.02 Å². The summed E-state index contributed by atoms with van der Waals surface area (Å²) in [6, 6.07) is 20.8. The van der Waals surface area contributed by atoms with E-state index >= 15 is 0 Å². The summed E-state index contributed by atoms with van der Waals surface area (Å²) >= 11 is 7.23. The molecule has 0 aliphatic rings. The number of ether oxygens (including phenoxy) is 1. The number of carbonyl (C=O) groups excluding carboxylic acids is 2. The first-order valence-corrected chi connectivity index (χ1v) is 10.9. The maximum Gasteiger partial charge on any atom is 0.268 e. The maximum absolute atomic E-state index is 12.9. The van der Waals surface area contributed by atoms with Gasteiger partial charge in [0.25, 0.3) is 11.8 Å². The van der Waals surface area contributed by atoms with Crippen LogP contribution in [0.4, 0.5) is 11.4 Å². The number of hydrogen-bond donors (Lipinski definition) is 1. The molecule has 0 aliphatic heterocycles. The number of nitrogens with one attached hydrogen (secondary N) is 1. The zero-order valence-electron chi connectivity index (χ0n) is 17.0. The number of amides is 2. The second-order valence-electron chi connectivity index (χ2n) is 6.75. The third-order valence-corrected chi connectivity index (χ3v) is 5.69. The molecule has 0 unspecified atom stereocenters. The second-order valence-corrected chi connectivity index (χ2v) is 8.14. The largest absolute Gasteiger partial charge is 0.439 e. The van der Waals surface area contributed by atoms with Crippen molar-refractivity contribution in [2.75, 3.05) is 17.3 Å². The molecule has 0 spiro atoms. The molecule has 0 radical (unpaired) electrons. The number of pyridine rings is 1. The van der Waals surface area contributed by atoms with Gasteiger partial charge in [-0.05, 0) is 53.9 Å². The minimum absolute atomic E-state index is 0.175. The van der Waals surface area contributed by atoms with Crippen LogP contribution < -0.4 is 15.0 Å². The van der Waals surface area contributed by atoms with Gasteiger partial charge in [-0.2, -0.15) is 0 Å². The van der Waals surface area contributed by atoms with Crippen LogP contribution in [0.25, 0.3) is 0 Å². The highest BCUT2D eigenvalue weighted by molar-refractivity contribution is 7.12. The zero-order chi connectivity index (χ0) is 22.5. The van der Waals surface area contributed by atoms with Gasteiger partial charge < -0.3 is 15.0 Å². The molecule has 0 saturated heterocycles. The van der Waals surface area contributed by atoms with Gasteiger partial charge in [0.1, 0.15) is 5.75 Å². The molecule has 0 atom stereocenters. The molecule has 2 aromatic carbocycles. The molecule has 0 bridgehead atoms. The summed E-state index contributed by atoms with van der Waals surface area (Å²) < 4.78 is 5.66. The number of halogens is 1.